The van der Waals surface area contributed by atoms with Crippen LogP contribution in [0.1, 0.15) is 32.6 Å². The second kappa shape index (κ2) is 6.89. The minimum Gasteiger partial charge on any atom is -0.349 e. The van der Waals surface area contributed by atoms with E-state index in [0.717, 1.165) is 46.1 Å². The summed E-state index contributed by atoms with van der Waals surface area (Å²) < 4.78 is 1.86. The molecule has 0 aliphatic carbocycles. The van der Waals surface area contributed by atoms with Crippen LogP contribution in [0.15, 0.2) is 24.5 Å². The largest absolute Gasteiger partial charge is 0.349 e. The van der Waals surface area contributed by atoms with Crippen molar-refractivity contribution in [1.82, 2.24) is 30.4 Å². The highest BCUT2D eigenvalue weighted by molar-refractivity contribution is 7.13. The van der Waals surface area contributed by atoms with Crippen molar-refractivity contribution in [3.05, 3.63) is 40.0 Å². The molecular formula is C17H20N6OS. The Bertz CT molecular complexity index is 896. The van der Waals surface area contributed by atoms with Gasteiger partial charge in [-0.15, -0.1) is 11.3 Å². The van der Waals surface area contributed by atoms with Crippen molar-refractivity contribution in [3.63, 3.8) is 0 Å². The van der Waals surface area contributed by atoms with Gasteiger partial charge in [-0.2, -0.15) is 5.10 Å². The monoisotopic (exact) mass is 356 g/mol. The molecule has 1 unspecified atom stereocenters. The Morgan fingerprint density at radius 1 is 1.40 bits per heavy atom. The maximum absolute atomic E-state index is 12.2. The zero-order valence-corrected chi connectivity index (χ0v) is 14.8. The van der Waals surface area contributed by atoms with E-state index in [1.54, 1.807) is 12.4 Å². The molecule has 4 rings (SSSR count). The van der Waals surface area contributed by atoms with Crippen LogP contribution in [-0.2, 0) is 6.54 Å². The van der Waals surface area contributed by atoms with Gasteiger partial charge >= 0.3 is 0 Å². The van der Waals surface area contributed by atoms with Crippen LogP contribution in [0.2, 0.25) is 0 Å². The number of carbonyl (C=O) groups excluding carboxylic acids is 1. The number of fused-ring (bicyclic) bond motifs is 1. The highest BCUT2D eigenvalue weighted by Crippen LogP contribution is 2.26. The topological polar surface area (TPSA) is 84.7 Å². The Morgan fingerprint density at radius 3 is 3.04 bits per heavy atom. The number of thiophene rings is 1. The first-order chi connectivity index (χ1) is 12.2. The van der Waals surface area contributed by atoms with Crippen molar-refractivity contribution >= 4 is 28.4 Å². The van der Waals surface area contributed by atoms with Crippen molar-refractivity contribution in [2.24, 2.45) is 0 Å². The Morgan fingerprint density at radius 2 is 2.28 bits per heavy atom. The molecule has 2 N–H and O–H groups in total. The van der Waals surface area contributed by atoms with Crippen LogP contribution in [0.3, 0.4) is 0 Å². The van der Waals surface area contributed by atoms with E-state index >= 15 is 0 Å². The highest BCUT2D eigenvalue weighted by atomic mass is 32.1. The summed E-state index contributed by atoms with van der Waals surface area (Å²) >= 11 is 1.50. The van der Waals surface area contributed by atoms with Crippen LogP contribution in [0.5, 0.6) is 0 Å². The number of rotatable bonds is 5. The summed E-state index contributed by atoms with van der Waals surface area (Å²) in [5, 5.41) is 11.1. The second-order valence-corrected chi connectivity index (χ2v) is 7.48. The third kappa shape index (κ3) is 3.27. The van der Waals surface area contributed by atoms with E-state index < -0.39 is 0 Å². The molecule has 3 aromatic rings. The van der Waals surface area contributed by atoms with E-state index in [2.05, 4.69) is 20.6 Å². The van der Waals surface area contributed by atoms with Crippen LogP contribution >= 0.6 is 11.3 Å². The molecule has 25 heavy (non-hydrogen) atoms. The van der Waals surface area contributed by atoms with E-state index in [4.69, 9.17) is 5.10 Å². The molecule has 4 heterocycles. The van der Waals surface area contributed by atoms with Gasteiger partial charge in [0.1, 0.15) is 5.52 Å². The quantitative estimate of drug-likeness (QED) is 0.727. The first-order valence-corrected chi connectivity index (χ1v) is 9.27. The van der Waals surface area contributed by atoms with Crippen LogP contribution in [0.25, 0.3) is 11.2 Å². The zero-order chi connectivity index (χ0) is 17.2. The van der Waals surface area contributed by atoms with E-state index in [-0.39, 0.29) is 5.91 Å². The molecule has 1 aliphatic heterocycles. The standard InChI is InChI=1S/C17H20N6OS/c1-11-2-3-13(25-11)17(24)21-8-9-23-16-15(19-6-7-20-16)14(22-23)12-4-5-18-10-12/h2-3,6-7,12,18H,4-5,8-10H2,1H3,(H,21,24). The molecule has 1 aliphatic rings. The molecule has 0 saturated carbocycles. The lowest BCUT2D eigenvalue weighted by atomic mass is 10.0. The summed E-state index contributed by atoms with van der Waals surface area (Å²) in [7, 11) is 0. The van der Waals surface area contributed by atoms with Crippen LogP contribution < -0.4 is 10.6 Å². The molecule has 1 amide bonds. The Hall–Kier alpha value is -2.32. The summed E-state index contributed by atoms with van der Waals surface area (Å²) in [6, 6.07) is 3.81. The van der Waals surface area contributed by atoms with Gasteiger partial charge in [0.05, 0.1) is 17.1 Å². The predicted molar refractivity (Wildman–Crippen MR) is 96.9 cm³/mol. The van der Waals surface area contributed by atoms with Gasteiger partial charge in [0.25, 0.3) is 5.91 Å². The summed E-state index contributed by atoms with van der Waals surface area (Å²) in [5.41, 5.74) is 2.66. The molecule has 1 atom stereocenters. The van der Waals surface area contributed by atoms with Crippen LogP contribution in [0, 0.1) is 6.92 Å². The maximum atomic E-state index is 12.2. The Kier molecular flexibility index (Phi) is 4.46. The summed E-state index contributed by atoms with van der Waals surface area (Å²) in [5.74, 6) is 0.338. The number of carbonyl (C=O) groups is 1. The number of amides is 1. The zero-order valence-electron chi connectivity index (χ0n) is 14.0. The fraction of sp³-hybridized carbons (Fsp3) is 0.412. The molecule has 7 nitrogen and oxygen atoms in total. The molecule has 1 saturated heterocycles. The number of hydrogen-bond donors (Lipinski definition) is 2. The minimum absolute atomic E-state index is 0.0409. The Labute approximate surface area is 149 Å². The number of aryl methyl sites for hydroxylation is 1. The van der Waals surface area contributed by atoms with Crippen LogP contribution in [0.4, 0.5) is 0 Å². The smallest absolute Gasteiger partial charge is 0.261 e. The van der Waals surface area contributed by atoms with E-state index in [0.29, 0.717) is 19.0 Å². The first kappa shape index (κ1) is 16.2. The summed E-state index contributed by atoms with van der Waals surface area (Å²) in [4.78, 5) is 22.9. The maximum Gasteiger partial charge on any atom is 0.261 e. The fourth-order valence-electron chi connectivity index (χ4n) is 3.16. The van der Waals surface area contributed by atoms with E-state index in [9.17, 15) is 4.79 Å². The van der Waals surface area contributed by atoms with Gasteiger partial charge in [-0.25, -0.2) is 14.6 Å². The number of aromatic nitrogens is 4. The lowest BCUT2D eigenvalue weighted by molar-refractivity contribution is 0.0956. The average molecular weight is 356 g/mol. The van der Waals surface area contributed by atoms with Crippen molar-refractivity contribution < 1.29 is 4.79 Å². The number of hydrogen-bond acceptors (Lipinski definition) is 6. The van der Waals surface area contributed by atoms with Crippen LogP contribution in [-0.4, -0.2) is 45.3 Å². The summed E-state index contributed by atoms with van der Waals surface area (Å²) in [6.45, 7) is 5.01. The van der Waals surface area contributed by atoms with Gasteiger partial charge in [0.15, 0.2) is 5.65 Å². The lowest BCUT2D eigenvalue weighted by Gasteiger charge is -2.05. The average Bonchev–Trinajstić information content (AvgIpc) is 3.34. The van der Waals surface area contributed by atoms with E-state index in [1.165, 1.54) is 11.3 Å². The first-order valence-electron chi connectivity index (χ1n) is 8.45. The third-order valence-electron chi connectivity index (χ3n) is 4.41. The van der Waals surface area contributed by atoms with Gasteiger partial charge in [-0.3, -0.25) is 4.79 Å². The second-order valence-electron chi connectivity index (χ2n) is 6.19. The van der Waals surface area contributed by atoms with Crippen molar-refractivity contribution in [1.29, 1.82) is 0 Å². The molecule has 0 bridgehead atoms. The normalized spacial score (nSPS) is 17.2. The highest BCUT2D eigenvalue weighted by Gasteiger charge is 2.24. The lowest BCUT2D eigenvalue weighted by Crippen LogP contribution is -2.27. The molecule has 1 fully saturated rings. The van der Waals surface area contributed by atoms with Gasteiger partial charge in [0, 0.05) is 36.3 Å². The number of nitrogens with one attached hydrogen (secondary N) is 2. The van der Waals surface area contributed by atoms with Gasteiger partial charge in [-0.05, 0) is 32.0 Å². The van der Waals surface area contributed by atoms with Crippen molar-refractivity contribution in [3.8, 4) is 0 Å². The molecule has 3 aromatic heterocycles. The fourth-order valence-corrected chi connectivity index (χ4v) is 3.95. The predicted octanol–water partition coefficient (Wildman–Crippen LogP) is 1.70. The molecular weight excluding hydrogens is 336 g/mol. The van der Waals surface area contributed by atoms with E-state index in [1.807, 2.05) is 23.7 Å². The molecule has 0 radical (unpaired) electrons. The summed E-state index contributed by atoms with van der Waals surface area (Å²) in [6.07, 6.45) is 4.46. The Balaban J connectivity index is 1.48. The molecule has 0 spiro atoms. The third-order valence-corrected chi connectivity index (χ3v) is 5.41. The van der Waals surface area contributed by atoms with Crippen molar-refractivity contribution in [2.75, 3.05) is 19.6 Å². The van der Waals surface area contributed by atoms with Gasteiger partial charge < -0.3 is 10.6 Å². The molecule has 130 valence electrons. The molecule has 0 aromatic carbocycles. The van der Waals surface area contributed by atoms with Crippen molar-refractivity contribution in [2.45, 2.75) is 25.8 Å². The molecule has 8 heteroatoms. The van der Waals surface area contributed by atoms with Gasteiger partial charge in [0.2, 0.25) is 0 Å². The van der Waals surface area contributed by atoms with Gasteiger partial charge in [-0.1, -0.05) is 0 Å². The minimum atomic E-state index is -0.0409. The SMILES string of the molecule is Cc1ccc(C(=O)NCCn2nc(C3CCNC3)c3nccnc32)s1. The number of nitrogens with zero attached hydrogens (tertiary/aromatic N) is 4.